The van der Waals surface area contributed by atoms with Crippen molar-refractivity contribution in [2.45, 2.75) is 19.4 Å². The number of anilines is 2. The van der Waals surface area contributed by atoms with Crippen LogP contribution in [0.1, 0.15) is 17.7 Å². The van der Waals surface area contributed by atoms with E-state index in [4.69, 9.17) is 10.3 Å². The maximum Gasteiger partial charge on any atom is 0.124 e. The van der Waals surface area contributed by atoms with Gasteiger partial charge in [-0.15, -0.1) is 0 Å². The van der Waals surface area contributed by atoms with Gasteiger partial charge < -0.3 is 15.2 Å². The summed E-state index contributed by atoms with van der Waals surface area (Å²) in [6, 6.07) is 8.01. The van der Waals surface area contributed by atoms with Crippen LogP contribution in [0.4, 0.5) is 11.4 Å². The Hall–Kier alpha value is -1.97. The van der Waals surface area contributed by atoms with Gasteiger partial charge in [0.25, 0.3) is 0 Å². The van der Waals surface area contributed by atoms with Gasteiger partial charge in [-0.25, -0.2) is 0 Å². The minimum absolute atomic E-state index is 0.785. The summed E-state index contributed by atoms with van der Waals surface area (Å²) in [5, 5.41) is 3.96. The molecule has 1 aromatic carbocycles. The zero-order chi connectivity index (χ0) is 11.7. The summed E-state index contributed by atoms with van der Waals surface area (Å²) in [5.41, 5.74) is 10.4. The lowest BCUT2D eigenvalue weighted by Crippen LogP contribution is -2.29. The minimum atomic E-state index is 0.785. The smallest absolute Gasteiger partial charge is 0.124 e. The van der Waals surface area contributed by atoms with E-state index in [1.54, 1.807) is 6.26 Å². The molecule has 2 N–H and O–H groups in total. The lowest BCUT2D eigenvalue weighted by atomic mass is 10.00. The summed E-state index contributed by atoms with van der Waals surface area (Å²) in [6.45, 7) is 1.83. The van der Waals surface area contributed by atoms with Gasteiger partial charge in [-0.3, -0.25) is 0 Å². The van der Waals surface area contributed by atoms with E-state index in [2.05, 4.69) is 16.1 Å². The lowest BCUT2D eigenvalue weighted by molar-refractivity contribution is 0.410. The topological polar surface area (TPSA) is 55.3 Å². The Kier molecular flexibility index (Phi) is 2.48. The SMILES string of the molecule is Nc1cccc2c1CCCN2Cc1ccon1. The molecule has 1 aliphatic heterocycles. The van der Waals surface area contributed by atoms with Gasteiger partial charge in [-0.1, -0.05) is 11.2 Å². The highest BCUT2D eigenvalue weighted by molar-refractivity contribution is 5.66. The average Bonchev–Trinajstić information content (AvgIpc) is 2.83. The molecule has 2 heterocycles. The first-order valence-corrected chi connectivity index (χ1v) is 5.86. The van der Waals surface area contributed by atoms with Crippen molar-refractivity contribution < 1.29 is 4.52 Å². The molecule has 4 nitrogen and oxygen atoms in total. The van der Waals surface area contributed by atoms with Crippen LogP contribution in [0, 0.1) is 0 Å². The highest BCUT2D eigenvalue weighted by atomic mass is 16.5. The van der Waals surface area contributed by atoms with E-state index in [0.29, 0.717) is 0 Å². The molecule has 3 rings (SSSR count). The van der Waals surface area contributed by atoms with Crippen LogP contribution in [-0.2, 0) is 13.0 Å². The first kappa shape index (κ1) is 10.2. The predicted octanol–water partition coefficient (Wildman–Crippen LogP) is 2.21. The lowest BCUT2D eigenvalue weighted by Gasteiger charge is -2.31. The zero-order valence-electron chi connectivity index (χ0n) is 9.60. The number of fused-ring (bicyclic) bond motifs is 1. The largest absolute Gasteiger partial charge is 0.398 e. The zero-order valence-corrected chi connectivity index (χ0v) is 9.60. The van der Waals surface area contributed by atoms with Crippen LogP contribution in [0.2, 0.25) is 0 Å². The van der Waals surface area contributed by atoms with Crippen molar-refractivity contribution in [3.05, 3.63) is 41.8 Å². The number of hydrogen-bond acceptors (Lipinski definition) is 4. The Bertz CT molecular complexity index is 507. The highest BCUT2D eigenvalue weighted by Crippen LogP contribution is 2.31. The first-order chi connectivity index (χ1) is 8.34. The van der Waals surface area contributed by atoms with Crippen molar-refractivity contribution >= 4 is 11.4 Å². The van der Waals surface area contributed by atoms with Crippen molar-refractivity contribution in [3.8, 4) is 0 Å². The Balaban J connectivity index is 1.92. The van der Waals surface area contributed by atoms with Gasteiger partial charge in [0.1, 0.15) is 12.0 Å². The fourth-order valence-electron chi connectivity index (χ4n) is 2.41. The first-order valence-electron chi connectivity index (χ1n) is 5.86. The molecule has 1 aliphatic rings. The third-order valence-electron chi connectivity index (χ3n) is 3.23. The Morgan fingerprint density at radius 1 is 1.35 bits per heavy atom. The van der Waals surface area contributed by atoms with E-state index in [-0.39, 0.29) is 0 Å². The van der Waals surface area contributed by atoms with E-state index in [1.807, 2.05) is 18.2 Å². The van der Waals surface area contributed by atoms with Crippen LogP contribution in [0.15, 0.2) is 35.1 Å². The quantitative estimate of drug-likeness (QED) is 0.802. The fourth-order valence-corrected chi connectivity index (χ4v) is 2.41. The van der Waals surface area contributed by atoms with Crippen molar-refractivity contribution in [2.75, 3.05) is 17.2 Å². The molecule has 17 heavy (non-hydrogen) atoms. The van der Waals surface area contributed by atoms with Crippen LogP contribution >= 0.6 is 0 Å². The van der Waals surface area contributed by atoms with Crippen LogP contribution < -0.4 is 10.6 Å². The summed E-state index contributed by atoms with van der Waals surface area (Å²) in [5.74, 6) is 0. The van der Waals surface area contributed by atoms with Gasteiger partial charge in [0.05, 0.1) is 6.54 Å². The van der Waals surface area contributed by atoms with E-state index < -0.39 is 0 Å². The summed E-state index contributed by atoms with van der Waals surface area (Å²) < 4.78 is 4.87. The minimum Gasteiger partial charge on any atom is -0.398 e. The van der Waals surface area contributed by atoms with E-state index >= 15 is 0 Å². The van der Waals surface area contributed by atoms with Gasteiger partial charge in [0, 0.05) is 24.0 Å². The third-order valence-corrected chi connectivity index (χ3v) is 3.23. The molecule has 0 fully saturated rings. The molecule has 88 valence electrons. The van der Waals surface area contributed by atoms with E-state index in [0.717, 1.165) is 37.3 Å². The number of nitrogens with zero attached hydrogens (tertiary/aromatic N) is 2. The molecular formula is C13H15N3O. The third kappa shape index (κ3) is 1.86. The number of nitrogens with two attached hydrogens (primary N) is 1. The number of nitrogen functional groups attached to an aromatic ring is 1. The van der Waals surface area contributed by atoms with Crippen molar-refractivity contribution in [1.29, 1.82) is 0 Å². The predicted molar refractivity (Wildman–Crippen MR) is 66.7 cm³/mol. The number of rotatable bonds is 2. The van der Waals surface area contributed by atoms with Gasteiger partial charge >= 0.3 is 0 Å². The molecule has 0 unspecified atom stereocenters. The molecular weight excluding hydrogens is 214 g/mol. The number of benzene rings is 1. The second kappa shape index (κ2) is 4.13. The molecule has 0 radical (unpaired) electrons. The Labute approximate surface area is 100 Å². The second-order valence-electron chi connectivity index (χ2n) is 4.36. The summed E-state index contributed by atoms with van der Waals surface area (Å²) in [4.78, 5) is 2.31. The van der Waals surface area contributed by atoms with E-state index in [9.17, 15) is 0 Å². The van der Waals surface area contributed by atoms with Crippen LogP contribution in [0.5, 0.6) is 0 Å². The molecule has 0 aliphatic carbocycles. The maximum absolute atomic E-state index is 6.02. The van der Waals surface area contributed by atoms with E-state index in [1.165, 1.54) is 11.3 Å². The molecule has 0 spiro atoms. The van der Waals surface area contributed by atoms with Crippen LogP contribution in [0.3, 0.4) is 0 Å². The van der Waals surface area contributed by atoms with Crippen molar-refractivity contribution in [3.63, 3.8) is 0 Å². The molecule has 0 bridgehead atoms. The Morgan fingerprint density at radius 2 is 2.29 bits per heavy atom. The molecule has 1 aromatic heterocycles. The van der Waals surface area contributed by atoms with Crippen molar-refractivity contribution in [1.82, 2.24) is 5.16 Å². The molecule has 0 atom stereocenters. The molecule has 2 aromatic rings. The standard InChI is InChI=1S/C13H15N3O/c14-12-4-1-5-13-11(12)3-2-7-16(13)9-10-6-8-17-15-10/h1,4-6,8H,2-3,7,9,14H2. The molecule has 0 saturated heterocycles. The monoisotopic (exact) mass is 229 g/mol. The van der Waals surface area contributed by atoms with Crippen LogP contribution in [-0.4, -0.2) is 11.7 Å². The number of hydrogen-bond donors (Lipinski definition) is 1. The number of aromatic nitrogens is 1. The summed E-state index contributed by atoms with van der Waals surface area (Å²) in [7, 11) is 0. The van der Waals surface area contributed by atoms with Crippen LogP contribution in [0.25, 0.3) is 0 Å². The highest BCUT2D eigenvalue weighted by Gasteiger charge is 2.19. The molecule has 0 saturated carbocycles. The summed E-state index contributed by atoms with van der Waals surface area (Å²) >= 11 is 0. The van der Waals surface area contributed by atoms with Gasteiger partial charge in [0.2, 0.25) is 0 Å². The summed E-state index contributed by atoms with van der Waals surface area (Å²) in [6.07, 6.45) is 3.82. The second-order valence-corrected chi connectivity index (χ2v) is 4.36. The molecule has 4 heteroatoms. The van der Waals surface area contributed by atoms with Gasteiger partial charge in [-0.05, 0) is 30.5 Å². The fraction of sp³-hybridized carbons (Fsp3) is 0.308. The average molecular weight is 229 g/mol. The Morgan fingerprint density at radius 3 is 3.12 bits per heavy atom. The van der Waals surface area contributed by atoms with Gasteiger partial charge in [-0.2, -0.15) is 0 Å². The molecule has 0 amide bonds. The normalized spacial score (nSPS) is 14.7. The van der Waals surface area contributed by atoms with Gasteiger partial charge in [0.15, 0.2) is 0 Å². The van der Waals surface area contributed by atoms with Crippen molar-refractivity contribution in [2.24, 2.45) is 0 Å². The maximum atomic E-state index is 6.02.